The van der Waals surface area contributed by atoms with Crippen molar-refractivity contribution in [2.45, 2.75) is 6.92 Å². The minimum absolute atomic E-state index is 0. The van der Waals surface area contributed by atoms with Crippen LogP contribution in [0.3, 0.4) is 0 Å². The number of nitro groups is 1. The molecule has 0 radical (unpaired) electrons. The SMILES string of the molecule is Cc1cc(OC[B-](F)(F)F)ccc1[N+](=O)[O-].[K+]. The summed E-state index contributed by atoms with van der Waals surface area (Å²) in [6, 6.07) is 3.47. The van der Waals surface area contributed by atoms with E-state index >= 15 is 0 Å². The fraction of sp³-hybridized carbons (Fsp3) is 0.250. The van der Waals surface area contributed by atoms with Crippen LogP contribution in [0.2, 0.25) is 0 Å². The van der Waals surface area contributed by atoms with Crippen LogP contribution in [0.1, 0.15) is 5.56 Å². The zero-order valence-corrected chi connectivity index (χ0v) is 12.4. The van der Waals surface area contributed by atoms with E-state index in [0.29, 0.717) is 0 Å². The number of rotatable bonds is 4. The summed E-state index contributed by atoms with van der Waals surface area (Å²) < 4.78 is 40.1. The zero-order chi connectivity index (χ0) is 12.3. The number of ether oxygens (including phenoxy) is 1. The maximum absolute atomic E-state index is 11.9. The molecule has 4 nitrogen and oxygen atoms in total. The molecule has 0 atom stereocenters. The average Bonchev–Trinajstić information content (AvgIpc) is 2.13. The molecule has 1 aromatic rings. The number of nitrogens with zero attached hydrogens (tertiary/aromatic N) is 1. The minimum Gasteiger partial charge on any atom is -0.522 e. The van der Waals surface area contributed by atoms with E-state index in [4.69, 9.17) is 0 Å². The van der Waals surface area contributed by atoms with E-state index in [2.05, 4.69) is 4.74 Å². The Morgan fingerprint density at radius 3 is 2.41 bits per heavy atom. The summed E-state index contributed by atoms with van der Waals surface area (Å²) in [6.45, 7) is -4.93. The van der Waals surface area contributed by atoms with Gasteiger partial charge in [-0.3, -0.25) is 10.1 Å². The van der Waals surface area contributed by atoms with Crippen molar-refractivity contribution < 1.29 is 74.0 Å². The molecule has 0 aliphatic carbocycles. The first kappa shape index (κ1) is 16.9. The molecule has 88 valence electrons. The molecule has 17 heavy (non-hydrogen) atoms. The molecule has 0 spiro atoms. The van der Waals surface area contributed by atoms with Crippen LogP contribution in [-0.2, 0) is 0 Å². The van der Waals surface area contributed by atoms with Gasteiger partial charge in [-0.1, -0.05) is 0 Å². The van der Waals surface area contributed by atoms with Crippen molar-refractivity contribution in [2.24, 2.45) is 0 Å². The summed E-state index contributed by atoms with van der Waals surface area (Å²) in [4.78, 5) is 9.83. The van der Waals surface area contributed by atoms with Gasteiger partial charge in [-0.15, -0.1) is 0 Å². The van der Waals surface area contributed by atoms with Crippen LogP contribution in [0.4, 0.5) is 18.6 Å². The largest absolute Gasteiger partial charge is 1.00 e. The van der Waals surface area contributed by atoms with Gasteiger partial charge in [0.15, 0.2) is 0 Å². The minimum atomic E-state index is -5.02. The second-order valence-corrected chi connectivity index (χ2v) is 3.23. The Bertz CT molecular complexity index is 413. The van der Waals surface area contributed by atoms with Crippen LogP contribution >= 0.6 is 0 Å². The number of halogens is 3. The molecule has 0 aliphatic rings. The van der Waals surface area contributed by atoms with Gasteiger partial charge < -0.3 is 17.7 Å². The van der Waals surface area contributed by atoms with E-state index < -0.39 is 18.4 Å². The molecule has 9 heteroatoms. The molecule has 0 amide bonds. The Labute approximate surface area is 138 Å². The van der Waals surface area contributed by atoms with Crippen molar-refractivity contribution in [3.8, 4) is 5.75 Å². The topological polar surface area (TPSA) is 52.4 Å². The molecule has 0 saturated heterocycles. The third-order valence-corrected chi connectivity index (χ3v) is 1.80. The van der Waals surface area contributed by atoms with E-state index in [1.807, 2.05) is 0 Å². The van der Waals surface area contributed by atoms with Crippen LogP contribution < -0.4 is 56.1 Å². The zero-order valence-electron chi connectivity index (χ0n) is 9.32. The van der Waals surface area contributed by atoms with Crippen LogP contribution in [-0.4, -0.2) is 18.4 Å². The molecule has 0 saturated carbocycles. The molecular formula is C8H8BF3KNO3. The number of aryl methyl sites for hydroxylation is 1. The van der Waals surface area contributed by atoms with Crippen LogP contribution in [0.15, 0.2) is 18.2 Å². The molecule has 0 bridgehead atoms. The molecule has 0 heterocycles. The second kappa shape index (κ2) is 6.74. The summed E-state index contributed by atoms with van der Waals surface area (Å²) in [5.74, 6) is -0.0256. The van der Waals surface area contributed by atoms with Gasteiger partial charge in [-0.05, 0) is 19.1 Å². The molecule has 0 aliphatic heterocycles. The predicted molar refractivity (Wildman–Crippen MR) is 52.4 cm³/mol. The van der Waals surface area contributed by atoms with Gasteiger partial charge in [-0.25, -0.2) is 0 Å². The fourth-order valence-corrected chi connectivity index (χ4v) is 1.11. The van der Waals surface area contributed by atoms with Gasteiger partial charge >= 0.3 is 58.4 Å². The summed E-state index contributed by atoms with van der Waals surface area (Å²) >= 11 is 0. The molecule has 0 N–H and O–H groups in total. The van der Waals surface area contributed by atoms with E-state index in [1.165, 1.54) is 13.0 Å². The number of hydrogen-bond acceptors (Lipinski definition) is 3. The molecule has 1 rings (SSSR count). The van der Waals surface area contributed by atoms with E-state index in [1.54, 1.807) is 0 Å². The Morgan fingerprint density at radius 1 is 1.41 bits per heavy atom. The molecule has 0 unspecified atom stereocenters. The van der Waals surface area contributed by atoms with Gasteiger partial charge in [0.2, 0.25) is 0 Å². The van der Waals surface area contributed by atoms with Crippen molar-refractivity contribution >= 4 is 12.7 Å². The van der Waals surface area contributed by atoms with Gasteiger partial charge in [0.25, 0.3) is 5.69 Å². The van der Waals surface area contributed by atoms with E-state index in [-0.39, 0.29) is 68.4 Å². The Balaban J connectivity index is 0.00000256. The molecule has 0 aromatic heterocycles. The Hall–Kier alpha value is -0.0887. The normalized spacial score (nSPS) is 10.6. The van der Waals surface area contributed by atoms with Gasteiger partial charge in [0.1, 0.15) is 5.75 Å². The average molecular weight is 273 g/mol. The Kier molecular flexibility index (Phi) is 6.70. The first-order chi connectivity index (χ1) is 7.29. The first-order valence-electron chi connectivity index (χ1n) is 4.38. The summed E-state index contributed by atoms with van der Waals surface area (Å²) in [5.41, 5.74) is 0.113. The number of benzene rings is 1. The number of hydrogen-bond donors (Lipinski definition) is 0. The maximum Gasteiger partial charge on any atom is 1.00 e. The summed E-state index contributed by atoms with van der Waals surface area (Å²) in [6.07, 6.45) is 0. The Morgan fingerprint density at radius 2 is 2.00 bits per heavy atom. The van der Waals surface area contributed by atoms with E-state index in [0.717, 1.165) is 12.1 Å². The third-order valence-electron chi connectivity index (χ3n) is 1.80. The summed E-state index contributed by atoms with van der Waals surface area (Å²) in [5, 5.41) is 10.4. The standard InChI is InChI=1S/C8H8BF3NO3.K/c1-6-4-7(16-5-9(10,11)12)2-3-8(6)13(14)15;/h2-4H,5H2,1H3;/q-1;+1. The van der Waals surface area contributed by atoms with Crippen LogP contribution in [0, 0.1) is 17.0 Å². The van der Waals surface area contributed by atoms with Crippen molar-refractivity contribution in [3.05, 3.63) is 33.9 Å². The predicted octanol–water partition coefficient (Wildman–Crippen LogP) is -0.327. The van der Waals surface area contributed by atoms with E-state index in [9.17, 15) is 23.1 Å². The first-order valence-corrected chi connectivity index (χ1v) is 4.38. The molecule has 0 fully saturated rings. The van der Waals surface area contributed by atoms with Crippen molar-refractivity contribution in [2.75, 3.05) is 6.51 Å². The van der Waals surface area contributed by atoms with Crippen molar-refractivity contribution in [1.29, 1.82) is 0 Å². The van der Waals surface area contributed by atoms with Gasteiger partial charge in [0, 0.05) is 11.6 Å². The van der Waals surface area contributed by atoms with Gasteiger partial charge in [-0.2, -0.15) is 0 Å². The molecular weight excluding hydrogens is 265 g/mol. The third kappa shape index (κ3) is 5.87. The van der Waals surface area contributed by atoms with Crippen molar-refractivity contribution in [1.82, 2.24) is 0 Å². The fourth-order valence-electron chi connectivity index (χ4n) is 1.11. The second-order valence-electron chi connectivity index (χ2n) is 3.23. The maximum atomic E-state index is 11.9. The molecule has 1 aromatic carbocycles. The van der Waals surface area contributed by atoms with Crippen molar-refractivity contribution in [3.63, 3.8) is 0 Å². The summed E-state index contributed by atoms with van der Waals surface area (Å²) in [7, 11) is 0. The number of nitro benzene ring substituents is 1. The smallest absolute Gasteiger partial charge is 0.522 e. The van der Waals surface area contributed by atoms with Gasteiger partial charge in [0.05, 0.1) is 11.4 Å². The van der Waals surface area contributed by atoms with Crippen LogP contribution in [0.25, 0.3) is 0 Å². The monoisotopic (exact) mass is 273 g/mol. The quantitative estimate of drug-likeness (QED) is 0.429. The van der Waals surface area contributed by atoms with Crippen LogP contribution in [0.5, 0.6) is 5.75 Å².